The van der Waals surface area contributed by atoms with Gasteiger partial charge in [0.25, 0.3) is 0 Å². The van der Waals surface area contributed by atoms with Gasteiger partial charge in [0.15, 0.2) is 0 Å². The summed E-state index contributed by atoms with van der Waals surface area (Å²) < 4.78 is 1.69. The van der Waals surface area contributed by atoms with Gasteiger partial charge in [0, 0.05) is 29.5 Å². The van der Waals surface area contributed by atoms with Crippen molar-refractivity contribution < 1.29 is 4.79 Å². The normalized spacial score (nSPS) is 18.4. The highest BCUT2D eigenvalue weighted by molar-refractivity contribution is 7.99. The Hall–Kier alpha value is -1.53. The average molecular weight is 337 g/mol. The van der Waals surface area contributed by atoms with E-state index in [0.29, 0.717) is 13.0 Å². The Bertz CT molecular complexity index is 617. The number of halogens is 1. The van der Waals surface area contributed by atoms with E-state index >= 15 is 0 Å². The van der Waals surface area contributed by atoms with Gasteiger partial charge in [-0.3, -0.25) is 9.48 Å². The van der Waals surface area contributed by atoms with Crippen LogP contribution in [0, 0.1) is 0 Å². The minimum atomic E-state index is 0.124. The molecule has 1 aliphatic rings. The van der Waals surface area contributed by atoms with Crippen LogP contribution in [0.5, 0.6) is 0 Å². The summed E-state index contributed by atoms with van der Waals surface area (Å²) in [5.41, 5.74) is 1.14. The summed E-state index contributed by atoms with van der Waals surface area (Å²) in [7, 11) is 0. The van der Waals surface area contributed by atoms with Crippen molar-refractivity contribution in [3.63, 3.8) is 0 Å². The number of nitrogens with zero attached hydrogens (tertiary/aromatic N) is 4. The first kappa shape index (κ1) is 15.4. The van der Waals surface area contributed by atoms with Gasteiger partial charge in [0.05, 0.1) is 12.6 Å². The van der Waals surface area contributed by atoms with E-state index in [1.54, 1.807) is 11.0 Å². The molecule has 1 saturated heterocycles. The van der Waals surface area contributed by atoms with E-state index in [0.717, 1.165) is 28.6 Å². The third-order valence-electron chi connectivity index (χ3n) is 3.72. The zero-order valence-electron chi connectivity index (χ0n) is 12.1. The van der Waals surface area contributed by atoms with Crippen LogP contribution < -0.4 is 0 Å². The van der Waals surface area contributed by atoms with Crippen LogP contribution in [0.1, 0.15) is 18.0 Å². The number of benzene rings is 1. The lowest BCUT2D eigenvalue weighted by Crippen LogP contribution is -2.41. The molecule has 116 valence electrons. The summed E-state index contributed by atoms with van der Waals surface area (Å²) in [5.74, 6) is 2.08. The number of aromatic nitrogens is 3. The lowest BCUT2D eigenvalue weighted by Gasteiger charge is -2.36. The third kappa shape index (κ3) is 3.62. The Morgan fingerprint density at radius 1 is 1.36 bits per heavy atom. The molecule has 22 heavy (non-hydrogen) atoms. The Morgan fingerprint density at radius 3 is 2.91 bits per heavy atom. The molecule has 2 heterocycles. The molecule has 1 fully saturated rings. The molecule has 5 nitrogen and oxygen atoms in total. The van der Waals surface area contributed by atoms with Crippen LogP contribution >= 0.6 is 23.4 Å². The number of hydrogen-bond acceptors (Lipinski definition) is 4. The van der Waals surface area contributed by atoms with Crippen LogP contribution in [-0.4, -0.2) is 43.6 Å². The molecular weight excluding hydrogens is 320 g/mol. The molecule has 0 saturated carbocycles. The van der Waals surface area contributed by atoms with Crippen molar-refractivity contribution in [2.75, 3.05) is 18.1 Å². The first-order chi connectivity index (χ1) is 10.7. The van der Waals surface area contributed by atoms with E-state index in [4.69, 9.17) is 11.6 Å². The van der Waals surface area contributed by atoms with Crippen molar-refractivity contribution in [2.24, 2.45) is 0 Å². The molecule has 1 atom stereocenters. The fraction of sp³-hybridized carbons (Fsp3) is 0.400. The number of rotatable bonds is 4. The van der Waals surface area contributed by atoms with Crippen LogP contribution in [0.4, 0.5) is 0 Å². The molecule has 0 spiro atoms. The van der Waals surface area contributed by atoms with Crippen molar-refractivity contribution in [3.05, 3.63) is 47.5 Å². The number of hydrogen-bond donors (Lipinski definition) is 0. The SMILES string of the molecule is O=C(CCn1cncn1)N1CCSC[C@H]1c1ccc(Cl)cc1. The summed E-state index contributed by atoms with van der Waals surface area (Å²) in [6, 6.07) is 7.91. The summed E-state index contributed by atoms with van der Waals surface area (Å²) in [5, 5.41) is 4.76. The highest BCUT2D eigenvalue weighted by Crippen LogP contribution is 2.30. The third-order valence-corrected chi connectivity index (χ3v) is 5.00. The Morgan fingerprint density at radius 2 is 2.18 bits per heavy atom. The highest BCUT2D eigenvalue weighted by atomic mass is 35.5. The van der Waals surface area contributed by atoms with Crippen molar-refractivity contribution in [1.82, 2.24) is 19.7 Å². The Balaban J connectivity index is 1.68. The molecule has 0 radical (unpaired) electrons. The van der Waals surface area contributed by atoms with Gasteiger partial charge in [-0.2, -0.15) is 16.9 Å². The summed E-state index contributed by atoms with van der Waals surface area (Å²) in [4.78, 5) is 18.5. The summed E-state index contributed by atoms with van der Waals surface area (Å²) in [6.45, 7) is 1.35. The van der Waals surface area contributed by atoms with Crippen molar-refractivity contribution in [1.29, 1.82) is 0 Å². The summed E-state index contributed by atoms with van der Waals surface area (Å²) in [6.07, 6.45) is 3.56. The van der Waals surface area contributed by atoms with Crippen LogP contribution in [0.15, 0.2) is 36.9 Å². The maximum atomic E-state index is 12.6. The van der Waals surface area contributed by atoms with Gasteiger partial charge < -0.3 is 4.90 Å². The number of carbonyl (C=O) groups excluding carboxylic acids is 1. The van der Waals surface area contributed by atoms with Gasteiger partial charge >= 0.3 is 0 Å². The number of carbonyl (C=O) groups is 1. The lowest BCUT2D eigenvalue weighted by molar-refractivity contribution is -0.133. The van der Waals surface area contributed by atoms with Gasteiger partial charge in [-0.15, -0.1) is 0 Å². The summed E-state index contributed by atoms with van der Waals surface area (Å²) >= 11 is 7.84. The van der Waals surface area contributed by atoms with E-state index in [9.17, 15) is 4.79 Å². The van der Waals surface area contributed by atoms with E-state index in [-0.39, 0.29) is 11.9 Å². The van der Waals surface area contributed by atoms with Crippen molar-refractivity contribution >= 4 is 29.3 Å². The fourth-order valence-electron chi connectivity index (χ4n) is 2.57. The lowest BCUT2D eigenvalue weighted by atomic mass is 10.1. The van der Waals surface area contributed by atoms with Crippen LogP contribution in [-0.2, 0) is 11.3 Å². The molecule has 7 heteroatoms. The standard InChI is InChI=1S/C15H17ClN4OS/c16-13-3-1-12(2-4-13)14-9-22-8-7-20(14)15(21)5-6-19-11-17-10-18-19/h1-4,10-11,14H,5-9H2/t14-/m0/s1. The highest BCUT2D eigenvalue weighted by Gasteiger charge is 2.27. The van der Waals surface area contributed by atoms with E-state index < -0.39 is 0 Å². The van der Waals surface area contributed by atoms with Gasteiger partial charge in [0.1, 0.15) is 12.7 Å². The molecule has 0 bridgehead atoms. The molecule has 1 aromatic carbocycles. The first-order valence-corrected chi connectivity index (χ1v) is 8.72. The Labute approximate surface area is 138 Å². The second-order valence-corrected chi connectivity index (χ2v) is 6.72. The van der Waals surface area contributed by atoms with Gasteiger partial charge in [-0.1, -0.05) is 23.7 Å². The molecule has 1 amide bonds. The second-order valence-electron chi connectivity index (χ2n) is 5.14. The minimum Gasteiger partial charge on any atom is -0.334 e. The number of amides is 1. The van der Waals surface area contributed by atoms with Crippen LogP contribution in [0.2, 0.25) is 5.02 Å². The molecule has 1 aliphatic heterocycles. The topological polar surface area (TPSA) is 51.0 Å². The van der Waals surface area contributed by atoms with Gasteiger partial charge in [-0.05, 0) is 17.7 Å². The predicted octanol–water partition coefficient (Wildman–Crippen LogP) is 2.64. The van der Waals surface area contributed by atoms with Crippen LogP contribution in [0.3, 0.4) is 0 Å². The zero-order valence-corrected chi connectivity index (χ0v) is 13.6. The largest absolute Gasteiger partial charge is 0.334 e. The maximum absolute atomic E-state index is 12.6. The monoisotopic (exact) mass is 336 g/mol. The molecule has 1 aromatic heterocycles. The minimum absolute atomic E-state index is 0.124. The van der Waals surface area contributed by atoms with E-state index in [2.05, 4.69) is 10.1 Å². The molecule has 0 unspecified atom stereocenters. The van der Waals surface area contributed by atoms with Crippen molar-refractivity contribution in [2.45, 2.75) is 19.0 Å². The number of thioether (sulfide) groups is 1. The Kier molecular flexibility index (Phi) is 5.00. The van der Waals surface area contributed by atoms with Crippen molar-refractivity contribution in [3.8, 4) is 0 Å². The van der Waals surface area contributed by atoms with Crippen LogP contribution in [0.25, 0.3) is 0 Å². The van der Waals surface area contributed by atoms with Gasteiger partial charge in [0.2, 0.25) is 5.91 Å². The fourth-order valence-corrected chi connectivity index (χ4v) is 3.78. The molecule has 3 rings (SSSR count). The van der Waals surface area contributed by atoms with E-state index in [1.165, 1.54) is 6.33 Å². The smallest absolute Gasteiger partial charge is 0.225 e. The maximum Gasteiger partial charge on any atom is 0.225 e. The van der Waals surface area contributed by atoms with E-state index in [1.807, 2.05) is 40.9 Å². The molecule has 0 N–H and O–H groups in total. The molecular formula is C15H17ClN4OS. The second kappa shape index (κ2) is 7.15. The average Bonchev–Trinajstić information content (AvgIpc) is 3.07. The number of aryl methyl sites for hydroxylation is 1. The first-order valence-electron chi connectivity index (χ1n) is 7.19. The quantitative estimate of drug-likeness (QED) is 0.861. The predicted molar refractivity (Wildman–Crippen MR) is 87.9 cm³/mol. The molecule has 0 aliphatic carbocycles. The zero-order chi connectivity index (χ0) is 15.4. The molecule has 2 aromatic rings. The van der Waals surface area contributed by atoms with Gasteiger partial charge in [-0.25, -0.2) is 4.98 Å².